The molecule has 0 bridgehead atoms. The lowest BCUT2D eigenvalue weighted by atomic mass is 9.72. The SMILES string of the molecule is CCNC(=NCc1cccc(C(=O)NCC2CCCO2)c1)NCC1(CCO)CCCCC1. The molecule has 1 aliphatic carbocycles. The van der Waals surface area contributed by atoms with E-state index in [1.807, 2.05) is 24.3 Å². The number of aliphatic hydroxyl groups is 1. The maximum Gasteiger partial charge on any atom is 0.251 e. The van der Waals surface area contributed by atoms with Gasteiger partial charge in [0.1, 0.15) is 0 Å². The normalized spacial score (nSPS) is 20.7. The van der Waals surface area contributed by atoms with Crippen molar-refractivity contribution < 1.29 is 14.6 Å². The molecular weight excluding hydrogens is 404 g/mol. The van der Waals surface area contributed by atoms with Crippen molar-refractivity contribution in [2.24, 2.45) is 10.4 Å². The maximum absolute atomic E-state index is 12.5. The fourth-order valence-corrected chi connectivity index (χ4v) is 4.76. The Bertz CT molecular complexity index is 735. The summed E-state index contributed by atoms with van der Waals surface area (Å²) in [6, 6.07) is 7.65. The molecule has 0 spiro atoms. The molecule has 1 atom stereocenters. The number of rotatable bonds is 10. The highest BCUT2D eigenvalue weighted by atomic mass is 16.5. The van der Waals surface area contributed by atoms with Crippen LogP contribution in [-0.4, -0.2) is 55.9 Å². The molecule has 2 fully saturated rings. The van der Waals surface area contributed by atoms with E-state index in [1.54, 1.807) is 0 Å². The number of carbonyl (C=O) groups is 1. The minimum absolute atomic E-state index is 0.0698. The van der Waals surface area contributed by atoms with Crippen LogP contribution in [0, 0.1) is 5.41 Å². The Kier molecular flexibility index (Phi) is 9.81. The monoisotopic (exact) mass is 444 g/mol. The summed E-state index contributed by atoms with van der Waals surface area (Å²) in [5.74, 6) is 0.711. The van der Waals surface area contributed by atoms with Crippen LogP contribution in [0.15, 0.2) is 29.3 Å². The standard InChI is InChI=1S/C25H40N4O3/c1-2-26-24(29-19-25(13-14-30)11-4-3-5-12-25)28-17-20-8-6-9-21(16-20)23(31)27-18-22-10-7-15-32-22/h6,8-9,16,22,30H,2-5,7,10-15,17-19H2,1H3,(H,27,31)(H2,26,28,29). The van der Waals surface area contributed by atoms with E-state index in [-0.39, 0.29) is 24.0 Å². The predicted molar refractivity (Wildman–Crippen MR) is 128 cm³/mol. The first kappa shape index (κ1) is 24.5. The molecule has 1 unspecified atom stereocenters. The summed E-state index contributed by atoms with van der Waals surface area (Å²) in [6.45, 7) is 5.74. The van der Waals surface area contributed by atoms with Crippen LogP contribution in [0.1, 0.15) is 74.2 Å². The quantitative estimate of drug-likeness (QED) is 0.329. The van der Waals surface area contributed by atoms with Crippen LogP contribution in [0.25, 0.3) is 0 Å². The van der Waals surface area contributed by atoms with Gasteiger partial charge in [-0.05, 0) is 62.1 Å². The Balaban J connectivity index is 1.56. The molecule has 178 valence electrons. The third-order valence-corrected chi connectivity index (χ3v) is 6.65. The molecule has 1 aromatic rings. The van der Waals surface area contributed by atoms with Crippen LogP contribution < -0.4 is 16.0 Å². The molecule has 2 aliphatic rings. The second-order valence-corrected chi connectivity index (χ2v) is 9.13. The van der Waals surface area contributed by atoms with Gasteiger partial charge in [-0.15, -0.1) is 0 Å². The third-order valence-electron chi connectivity index (χ3n) is 6.65. The van der Waals surface area contributed by atoms with Gasteiger partial charge in [0, 0.05) is 38.4 Å². The number of benzene rings is 1. The fourth-order valence-electron chi connectivity index (χ4n) is 4.76. The van der Waals surface area contributed by atoms with Crippen molar-refractivity contribution in [3.63, 3.8) is 0 Å². The zero-order chi connectivity index (χ0) is 22.7. The first-order chi connectivity index (χ1) is 15.6. The van der Waals surface area contributed by atoms with E-state index in [9.17, 15) is 9.90 Å². The molecule has 1 saturated heterocycles. The molecule has 7 heteroatoms. The van der Waals surface area contributed by atoms with E-state index >= 15 is 0 Å². The third kappa shape index (κ3) is 7.48. The molecule has 7 nitrogen and oxygen atoms in total. The highest BCUT2D eigenvalue weighted by Gasteiger charge is 2.31. The topological polar surface area (TPSA) is 95.0 Å². The van der Waals surface area contributed by atoms with E-state index < -0.39 is 0 Å². The first-order valence-corrected chi connectivity index (χ1v) is 12.3. The van der Waals surface area contributed by atoms with Crippen molar-refractivity contribution in [3.05, 3.63) is 35.4 Å². The maximum atomic E-state index is 12.5. The number of nitrogens with zero attached hydrogens (tertiary/aromatic N) is 1. The van der Waals surface area contributed by atoms with Crippen molar-refractivity contribution in [1.29, 1.82) is 0 Å². The van der Waals surface area contributed by atoms with Crippen molar-refractivity contribution in [2.45, 2.75) is 70.9 Å². The Morgan fingerprint density at radius 1 is 1.19 bits per heavy atom. The van der Waals surface area contributed by atoms with Crippen LogP contribution in [0.4, 0.5) is 0 Å². The first-order valence-electron chi connectivity index (χ1n) is 12.3. The highest BCUT2D eigenvalue weighted by Crippen LogP contribution is 2.38. The van der Waals surface area contributed by atoms with Gasteiger partial charge in [0.05, 0.1) is 12.6 Å². The lowest BCUT2D eigenvalue weighted by Crippen LogP contribution is -2.44. The lowest BCUT2D eigenvalue weighted by Gasteiger charge is -2.37. The van der Waals surface area contributed by atoms with Gasteiger partial charge in [0.15, 0.2) is 5.96 Å². The number of guanidine groups is 1. The molecule has 0 radical (unpaired) electrons. The van der Waals surface area contributed by atoms with Crippen molar-refractivity contribution in [1.82, 2.24) is 16.0 Å². The number of aliphatic imine (C=N–C) groups is 1. The Morgan fingerprint density at radius 3 is 2.75 bits per heavy atom. The van der Waals surface area contributed by atoms with Crippen molar-refractivity contribution in [3.8, 4) is 0 Å². The van der Waals surface area contributed by atoms with Gasteiger partial charge in [-0.3, -0.25) is 4.79 Å². The van der Waals surface area contributed by atoms with E-state index in [0.717, 1.165) is 63.3 Å². The van der Waals surface area contributed by atoms with Crippen molar-refractivity contribution >= 4 is 11.9 Å². The number of carbonyl (C=O) groups excluding carboxylic acids is 1. The summed E-state index contributed by atoms with van der Waals surface area (Å²) in [5, 5.41) is 19.4. The average molecular weight is 445 g/mol. The smallest absolute Gasteiger partial charge is 0.251 e. The number of hydrogen-bond donors (Lipinski definition) is 4. The molecule has 1 heterocycles. The molecule has 4 N–H and O–H groups in total. The molecule has 32 heavy (non-hydrogen) atoms. The molecular formula is C25H40N4O3. The molecule has 1 amide bonds. The number of amides is 1. The second-order valence-electron chi connectivity index (χ2n) is 9.13. The number of ether oxygens (including phenoxy) is 1. The van der Waals surface area contributed by atoms with Gasteiger partial charge < -0.3 is 25.8 Å². The minimum atomic E-state index is -0.0698. The van der Waals surface area contributed by atoms with E-state index in [1.165, 1.54) is 19.3 Å². The van der Waals surface area contributed by atoms with Crippen molar-refractivity contribution in [2.75, 3.05) is 32.8 Å². The lowest BCUT2D eigenvalue weighted by molar-refractivity contribution is 0.0857. The highest BCUT2D eigenvalue weighted by molar-refractivity contribution is 5.94. The van der Waals surface area contributed by atoms with Gasteiger partial charge in [-0.2, -0.15) is 0 Å². The van der Waals surface area contributed by atoms with Crippen LogP contribution in [0.5, 0.6) is 0 Å². The zero-order valence-electron chi connectivity index (χ0n) is 19.5. The molecule has 1 aliphatic heterocycles. The summed E-state index contributed by atoms with van der Waals surface area (Å²) in [5.41, 5.74) is 1.80. The molecule has 3 rings (SSSR count). The number of hydrogen-bond acceptors (Lipinski definition) is 4. The largest absolute Gasteiger partial charge is 0.396 e. The van der Waals surface area contributed by atoms with Gasteiger partial charge in [0.25, 0.3) is 5.91 Å². The molecule has 0 aromatic heterocycles. The van der Waals surface area contributed by atoms with E-state index in [0.29, 0.717) is 18.7 Å². The summed E-state index contributed by atoms with van der Waals surface area (Å²) >= 11 is 0. The Labute approximate surface area is 192 Å². The van der Waals surface area contributed by atoms with Gasteiger partial charge >= 0.3 is 0 Å². The molecule has 1 aromatic carbocycles. The average Bonchev–Trinajstić information content (AvgIpc) is 3.34. The number of aliphatic hydroxyl groups excluding tert-OH is 1. The summed E-state index contributed by atoms with van der Waals surface area (Å²) in [7, 11) is 0. The second kappa shape index (κ2) is 12.8. The van der Waals surface area contributed by atoms with E-state index in [2.05, 4.69) is 22.9 Å². The van der Waals surface area contributed by atoms with E-state index in [4.69, 9.17) is 9.73 Å². The predicted octanol–water partition coefficient (Wildman–Crippen LogP) is 2.98. The summed E-state index contributed by atoms with van der Waals surface area (Å²) in [6.07, 6.45) is 9.12. The van der Waals surface area contributed by atoms with Crippen LogP contribution >= 0.6 is 0 Å². The van der Waals surface area contributed by atoms with Crippen LogP contribution in [0.3, 0.4) is 0 Å². The fraction of sp³-hybridized carbons (Fsp3) is 0.680. The van der Waals surface area contributed by atoms with Crippen LogP contribution in [-0.2, 0) is 11.3 Å². The molecule has 1 saturated carbocycles. The zero-order valence-corrected chi connectivity index (χ0v) is 19.5. The summed E-state index contributed by atoms with van der Waals surface area (Å²) < 4.78 is 5.58. The van der Waals surface area contributed by atoms with Gasteiger partial charge in [-0.1, -0.05) is 31.4 Å². The number of nitrogens with one attached hydrogen (secondary N) is 3. The Hall–Kier alpha value is -2.12. The van der Waals surface area contributed by atoms with Gasteiger partial charge in [-0.25, -0.2) is 4.99 Å². The minimum Gasteiger partial charge on any atom is -0.396 e. The van der Waals surface area contributed by atoms with Gasteiger partial charge in [0.2, 0.25) is 0 Å². The summed E-state index contributed by atoms with van der Waals surface area (Å²) in [4.78, 5) is 17.3. The van der Waals surface area contributed by atoms with Crippen LogP contribution in [0.2, 0.25) is 0 Å². The Morgan fingerprint density at radius 2 is 2.03 bits per heavy atom.